The summed E-state index contributed by atoms with van der Waals surface area (Å²) in [7, 11) is 1.58. The molecule has 0 aromatic heterocycles. The van der Waals surface area contributed by atoms with Crippen molar-refractivity contribution < 1.29 is 47.8 Å². The van der Waals surface area contributed by atoms with E-state index in [0.29, 0.717) is 60.3 Å². The van der Waals surface area contributed by atoms with Gasteiger partial charge in [0.25, 0.3) is 11.6 Å². The van der Waals surface area contributed by atoms with Crippen molar-refractivity contribution in [2.75, 3.05) is 33.5 Å². The first kappa shape index (κ1) is 24.1. The Bertz CT molecular complexity index is 1440. The topological polar surface area (TPSA) is 114 Å². The van der Waals surface area contributed by atoms with Crippen molar-refractivity contribution in [1.82, 2.24) is 0 Å². The lowest BCUT2D eigenvalue weighted by Crippen LogP contribution is -2.70. The van der Waals surface area contributed by atoms with Crippen LogP contribution in [-0.2, 0) is 34.8 Å². The van der Waals surface area contributed by atoms with Crippen molar-refractivity contribution in [2.24, 2.45) is 0 Å². The summed E-state index contributed by atoms with van der Waals surface area (Å²) in [6.07, 6.45) is 1.92. The zero-order valence-electron chi connectivity index (χ0n) is 21.9. The molecule has 1 N–H and O–H groups in total. The summed E-state index contributed by atoms with van der Waals surface area (Å²) in [5, 5.41) is 12.7. The minimum absolute atomic E-state index is 0.117. The van der Waals surface area contributed by atoms with E-state index < -0.39 is 35.7 Å². The molecule has 10 nitrogen and oxygen atoms in total. The molecule has 4 fully saturated rings. The van der Waals surface area contributed by atoms with Gasteiger partial charge in [0.05, 0.1) is 44.5 Å². The molecule has 1 aliphatic carbocycles. The molecule has 5 heterocycles. The van der Waals surface area contributed by atoms with Gasteiger partial charge in [0.2, 0.25) is 11.9 Å². The molecule has 206 valence electrons. The van der Waals surface area contributed by atoms with Crippen LogP contribution in [0, 0.1) is 6.92 Å². The predicted octanol–water partition coefficient (Wildman–Crippen LogP) is 3.37. The number of benzene rings is 2. The van der Waals surface area contributed by atoms with Gasteiger partial charge < -0.3 is 43.0 Å². The molecule has 10 heteroatoms. The molecular formula is C29H30O10. The predicted molar refractivity (Wildman–Crippen MR) is 134 cm³/mol. The van der Waals surface area contributed by atoms with Gasteiger partial charge in [-0.2, -0.15) is 0 Å². The third-order valence-corrected chi connectivity index (χ3v) is 9.04. The summed E-state index contributed by atoms with van der Waals surface area (Å²) in [6, 6.07) is 1.95. The molecule has 0 saturated carbocycles. The van der Waals surface area contributed by atoms with Gasteiger partial charge in [-0.15, -0.1) is 6.58 Å². The van der Waals surface area contributed by atoms with E-state index in [0.717, 1.165) is 17.5 Å². The monoisotopic (exact) mass is 538 g/mol. The second-order valence-corrected chi connectivity index (χ2v) is 11.0. The molecular weight excluding hydrogens is 508 g/mol. The molecule has 6 aliphatic rings. The van der Waals surface area contributed by atoms with Crippen LogP contribution in [0.3, 0.4) is 0 Å². The van der Waals surface area contributed by atoms with Crippen LogP contribution in [0.15, 0.2) is 18.7 Å². The number of epoxide rings is 1. The number of aromatic hydroxyl groups is 1. The fraction of sp³-hybridized carbons (Fsp3) is 0.552. The van der Waals surface area contributed by atoms with Gasteiger partial charge in [-0.25, -0.2) is 0 Å². The first-order valence-corrected chi connectivity index (χ1v) is 13.5. The number of phenols is 1. The first-order valence-electron chi connectivity index (χ1n) is 13.5. The lowest BCUT2D eigenvalue weighted by Gasteiger charge is -2.50. The average molecular weight is 539 g/mol. The third-order valence-electron chi connectivity index (χ3n) is 9.04. The molecule has 5 aliphatic heterocycles. The van der Waals surface area contributed by atoms with E-state index in [1.807, 2.05) is 13.0 Å². The van der Waals surface area contributed by atoms with Crippen LogP contribution in [0.4, 0.5) is 0 Å². The number of phenolic OH excluding ortho intramolecular Hbond substituents is 1. The highest BCUT2D eigenvalue weighted by molar-refractivity contribution is 6.11. The SMILES string of the molecule is C=CCO[C@@]12Oc3c(c(C)cc4c(OC)c5c(c(O)c34)C(=O)CCC5)[C@H]3O[C@](C4OCCCO4)(O[C@@H]31)[C@]21CO1. The lowest BCUT2D eigenvalue weighted by molar-refractivity contribution is -0.366. The summed E-state index contributed by atoms with van der Waals surface area (Å²) < 4.78 is 50.8. The highest BCUT2D eigenvalue weighted by atomic mass is 16.9. The number of methoxy groups -OCH3 is 1. The van der Waals surface area contributed by atoms with E-state index in [9.17, 15) is 9.90 Å². The maximum absolute atomic E-state index is 13.1. The van der Waals surface area contributed by atoms with Gasteiger partial charge >= 0.3 is 0 Å². The Hall–Kier alpha value is -2.73. The Balaban J connectivity index is 1.40. The number of hydrogen-bond donors (Lipinski definition) is 1. The molecule has 2 aromatic rings. The van der Waals surface area contributed by atoms with E-state index in [1.165, 1.54) is 0 Å². The Morgan fingerprint density at radius 1 is 1.21 bits per heavy atom. The maximum atomic E-state index is 13.1. The summed E-state index contributed by atoms with van der Waals surface area (Å²) >= 11 is 0. The minimum Gasteiger partial charge on any atom is -0.506 e. The number of ketones is 1. The Kier molecular flexibility index (Phi) is 4.90. The van der Waals surface area contributed by atoms with Crippen LogP contribution in [0.25, 0.3) is 10.8 Å². The zero-order chi connectivity index (χ0) is 26.7. The smallest absolute Gasteiger partial charge is 0.277 e. The molecule has 1 spiro atoms. The quantitative estimate of drug-likeness (QED) is 0.449. The van der Waals surface area contributed by atoms with Crippen molar-refractivity contribution in [3.05, 3.63) is 41.0 Å². The van der Waals surface area contributed by atoms with Gasteiger partial charge in [-0.1, -0.05) is 6.08 Å². The fourth-order valence-corrected chi connectivity index (χ4v) is 7.41. The van der Waals surface area contributed by atoms with Gasteiger partial charge in [-0.3, -0.25) is 4.79 Å². The van der Waals surface area contributed by atoms with Crippen LogP contribution in [0.5, 0.6) is 17.2 Å². The summed E-state index contributed by atoms with van der Waals surface area (Å²) in [5.74, 6) is -2.15. The van der Waals surface area contributed by atoms with E-state index in [2.05, 4.69) is 6.58 Å². The lowest BCUT2D eigenvalue weighted by atomic mass is 9.78. The van der Waals surface area contributed by atoms with E-state index in [4.69, 9.17) is 37.9 Å². The number of Topliss-reactive ketones (excluding diaryl/α,β-unsaturated/α-hetero) is 1. The molecule has 2 aromatic carbocycles. The van der Waals surface area contributed by atoms with E-state index in [1.54, 1.807) is 13.2 Å². The van der Waals surface area contributed by atoms with Crippen molar-refractivity contribution in [2.45, 2.75) is 68.3 Å². The van der Waals surface area contributed by atoms with Gasteiger partial charge in [-0.05, 0) is 37.8 Å². The number of carbonyl (C=O) groups is 1. The number of ether oxygens (including phenoxy) is 8. The van der Waals surface area contributed by atoms with Gasteiger partial charge in [0.15, 0.2) is 11.9 Å². The Morgan fingerprint density at radius 2 is 2.00 bits per heavy atom. The highest BCUT2D eigenvalue weighted by Crippen LogP contribution is 2.72. The zero-order valence-corrected chi connectivity index (χ0v) is 21.9. The van der Waals surface area contributed by atoms with Crippen molar-refractivity contribution in [1.29, 1.82) is 0 Å². The largest absolute Gasteiger partial charge is 0.506 e. The van der Waals surface area contributed by atoms with E-state index in [-0.39, 0.29) is 30.3 Å². The molecule has 2 bridgehead atoms. The molecule has 0 radical (unpaired) electrons. The van der Waals surface area contributed by atoms with Crippen molar-refractivity contribution >= 4 is 16.6 Å². The molecule has 4 saturated heterocycles. The molecule has 0 amide bonds. The van der Waals surface area contributed by atoms with Crippen molar-refractivity contribution in [3.8, 4) is 17.2 Å². The third kappa shape index (κ3) is 2.70. The van der Waals surface area contributed by atoms with Gasteiger partial charge in [0, 0.05) is 22.9 Å². The first-order chi connectivity index (χ1) is 18.9. The molecule has 0 unspecified atom stereocenters. The average Bonchev–Trinajstić information content (AvgIpc) is 3.60. The van der Waals surface area contributed by atoms with Crippen molar-refractivity contribution in [3.63, 3.8) is 0 Å². The van der Waals surface area contributed by atoms with Crippen LogP contribution in [0.2, 0.25) is 0 Å². The summed E-state index contributed by atoms with van der Waals surface area (Å²) in [5.41, 5.74) is 1.41. The Labute approximate surface area is 224 Å². The number of hydrogen-bond acceptors (Lipinski definition) is 10. The van der Waals surface area contributed by atoms with Gasteiger partial charge in [0.1, 0.15) is 23.4 Å². The maximum Gasteiger partial charge on any atom is 0.277 e. The fourth-order valence-electron chi connectivity index (χ4n) is 7.41. The van der Waals surface area contributed by atoms with Crippen LogP contribution in [-0.4, -0.2) is 74.0 Å². The number of rotatable bonds is 5. The molecule has 5 atom stereocenters. The van der Waals surface area contributed by atoms with Crippen LogP contribution >= 0.6 is 0 Å². The molecule has 39 heavy (non-hydrogen) atoms. The second kappa shape index (κ2) is 7.93. The standard InChI is InChI=1S/C29H30O10/c1-4-9-35-28-25-24(38-29(39-25,27(28)13-36-27)26-33-10-6-11-34-26)18-14(2)12-16-20(23(18)37-28)21(31)19-15(22(16)32-3)7-5-8-17(19)30/h4,12,24-26,31H,1,5-11,13H2,2-3H3/t24-,25+,27+,28-,29-/m1/s1. The minimum atomic E-state index is -1.44. The number of carbonyl (C=O) groups excluding carboxylic acids is 1. The van der Waals surface area contributed by atoms with E-state index >= 15 is 0 Å². The Morgan fingerprint density at radius 3 is 2.72 bits per heavy atom. The molecule has 8 rings (SSSR count). The number of fused-ring (bicyclic) bond motifs is 8. The summed E-state index contributed by atoms with van der Waals surface area (Å²) in [6.45, 7) is 7.17. The second-order valence-electron chi connectivity index (χ2n) is 11.0. The summed E-state index contributed by atoms with van der Waals surface area (Å²) in [4.78, 5) is 13.1. The number of aryl methyl sites for hydroxylation is 1. The van der Waals surface area contributed by atoms with Crippen LogP contribution < -0.4 is 9.47 Å². The normalized spacial score (nSPS) is 36.1. The highest BCUT2D eigenvalue weighted by Gasteiger charge is 2.93. The van der Waals surface area contributed by atoms with Crippen LogP contribution in [0.1, 0.15) is 52.4 Å².